The first-order valence-corrected chi connectivity index (χ1v) is 7.91. The summed E-state index contributed by atoms with van der Waals surface area (Å²) >= 11 is 6.14. The van der Waals surface area contributed by atoms with Gasteiger partial charge in [-0.15, -0.1) is 0 Å². The number of rotatable bonds is 3. The second-order valence-corrected chi connectivity index (χ2v) is 6.06. The van der Waals surface area contributed by atoms with Crippen molar-refractivity contribution in [3.63, 3.8) is 0 Å². The van der Waals surface area contributed by atoms with E-state index < -0.39 is 6.04 Å². The number of amides is 2. The first kappa shape index (κ1) is 16.3. The third-order valence-corrected chi connectivity index (χ3v) is 4.35. The third kappa shape index (κ3) is 3.05. The predicted molar refractivity (Wildman–Crippen MR) is 91.5 cm³/mol. The van der Waals surface area contributed by atoms with Gasteiger partial charge >= 0.3 is 0 Å². The molecule has 0 aliphatic carbocycles. The number of para-hydroxylation sites is 1. The van der Waals surface area contributed by atoms with Crippen LogP contribution in [-0.2, 0) is 4.79 Å². The zero-order valence-corrected chi connectivity index (χ0v) is 13.8. The van der Waals surface area contributed by atoms with Gasteiger partial charge < -0.3 is 15.2 Å². The molecule has 3 rings (SSSR count). The Morgan fingerprint density at radius 1 is 1.33 bits per heavy atom. The molecule has 1 aliphatic rings. The van der Waals surface area contributed by atoms with Gasteiger partial charge in [-0.3, -0.25) is 14.4 Å². The first-order valence-electron chi connectivity index (χ1n) is 7.53. The number of hydrogen-bond donors (Lipinski definition) is 2. The highest BCUT2D eigenvalue weighted by Gasteiger charge is 2.34. The predicted octanol–water partition coefficient (Wildman–Crippen LogP) is 1.87. The van der Waals surface area contributed by atoms with E-state index >= 15 is 0 Å². The fourth-order valence-corrected chi connectivity index (χ4v) is 3.02. The highest BCUT2D eigenvalue weighted by Crippen LogP contribution is 2.29. The first-order chi connectivity index (χ1) is 11.5. The van der Waals surface area contributed by atoms with E-state index in [2.05, 4.69) is 10.3 Å². The normalized spacial score (nSPS) is 17.2. The highest BCUT2D eigenvalue weighted by atomic mass is 35.5. The van der Waals surface area contributed by atoms with E-state index in [1.807, 2.05) is 6.07 Å². The number of aromatic nitrogens is 1. The van der Waals surface area contributed by atoms with E-state index in [1.54, 1.807) is 30.0 Å². The fourth-order valence-electron chi connectivity index (χ4n) is 2.78. The Morgan fingerprint density at radius 2 is 2.08 bits per heavy atom. The molecule has 2 N–H and O–H groups in total. The van der Waals surface area contributed by atoms with E-state index in [-0.39, 0.29) is 17.4 Å². The summed E-state index contributed by atoms with van der Waals surface area (Å²) in [5.41, 5.74) is 1.27. The molecule has 2 aromatic rings. The molecular weight excluding hydrogens is 330 g/mol. The van der Waals surface area contributed by atoms with Crippen molar-refractivity contribution in [3.8, 4) is 0 Å². The second-order valence-electron chi connectivity index (χ2n) is 5.65. The van der Waals surface area contributed by atoms with E-state index in [0.29, 0.717) is 34.8 Å². The minimum absolute atomic E-state index is 0.196. The van der Waals surface area contributed by atoms with Crippen molar-refractivity contribution in [2.45, 2.75) is 19.4 Å². The van der Waals surface area contributed by atoms with Crippen LogP contribution in [0.25, 0.3) is 0 Å². The van der Waals surface area contributed by atoms with Gasteiger partial charge in [-0.05, 0) is 31.0 Å². The van der Waals surface area contributed by atoms with E-state index in [4.69, 9.17) is 11.6 Å². The summed E-state index contributed by atoms with van der Waals surface area (Å²) in [5, 5.41) is 3.22. The number of aromatic amines is 1. The molecule has 24 heavy (non-hydrogen) atoms. The number of aryl methyl sites for hydroxylation is 1. The van der Waals surface area contributed by atoms with Gasteiger partial charge in [0.05, 0.1) is 16.3 Å². The minimum Gasteiger partial charge on any atom is -0.340 e. The van der Waals surface area contributed by atoms with Gasteiger partial charge in [-0.2, -0.15) is 0 Å². The number of carbonyl (C=O) groups is 2. The van der Waals surface area contributed by atoms with Crippen LogP contribution in [0.2, 0.25) is 5.02 Å². The third-order valence-electron chi connectivity index (χ3n) is 4.03. The van der Waals surface area contributed by atoms with Crippen LogP contribution in [0.5, 0.6) is 0 Å². The van der Waals surface area contributed by atoms with E-state index in [0.717, 1.165) is 0 Å². The smallest absolute Gasteiger partial charge is 0.253 e. The van der Waals surface area contributed by atoms with Crippen molar-refractivity contribution < 1.29 is 9.59 Å². The summed E-state index contributed by atoms with van der Waals surface area (Å²) in [4.78, 5) is 40.2. The molecule has 0 bridgehead atoms. The molecule has 2 heterocycles. The van der Waals surface area contributed by atoms with E-state index in [1.165, 1.54) is 12.3 Å². The molecule has 124 valence electrons. The topological polar surface area (TPSA) is 82.3 Å². The number of H-pyrrole nitrogens is 1. The lowest BCUT2D eigenvalue weighted by Gasteiger charge is -2.18. The Balaban J connectivity index is 1.75. The Kier molecular flexibility index (Phi) is 4.40. The number of halogens is 1. The van der Waals surface area contributed by atoms with Crippen molar-refractivity contribution >= 4 is 29.1 Å². The number of carbonyl (C=O) groups excluding carboxylic acids is 2. The maximum Gasteiger partial charge on any atom is 0.253 e. The molecule has 1 aromatic heterocycles. The monoisotopic (exact) mass is 345 g/mol. The largest absolute Gasteiger partial charge is 0.340 e. The van der Waals surface area contributed by atoms with Gasteiger partial charge in [-0.1, -0.05) is 23.7 Å². The Labute approximate surface area is 143 Å². The maximum atomic E-state index is 12.6. The van der Waals surface area contributed by atoms with Gasteiger partial charge in [0.15, 0.2) is 0 Å². The minimum atomic E-state index is -0.611. The van der Waals surface area contributed by atoms with Gasteiger partial charge in [0.1, 0.15) is 6.04 Å². The Hall–Kier alpha value is -2.60. The average molecular weight is 346 g/mol. The zero-order chi connectivity index (χ0) is 17.3. The van der Waals surface area contributed by atoms with Crippen LogP contribution in [0.15, 0.2) is 41.3 Å². The summed E-state index contributed by atoms with van der Waals surface area (Å²) in [7, 11) is 0. The van der Waals surface area contributed by atoms with Crippen molar-refractivity contribution in [2.75, 3.05) is 11.4 Å². The van der Waals surface area contributed by atoms with Crippen LogP contribution in [0.1, 0.15) is 22.3 Å². The number of nitrogens with zero attached hydrogens (tertiary/aromatic N) is 1. The molecule has 6 nitrogen and oxygen atoms in total. The molecule has 2 amide bonds. The maximum absolute atomic E-state index is 12.6. The zero-order valence-electron chi connectivity index (χ0n) is 13.0. The Morgan fingerprint density at radius 3 is 2.79 bits per heavy atom. The number of nitrogens with one attached hydrogen (secondary N) is 2. The molecular formula is C17H16ClN3O3. The fraction of sp³-hybridized carbons (Fsp3) is 0.235. The summed E-state index contributed by atoms with van der Waals surface area (Å²) in [6.07, 6.45) is 1.86. The summed E-state index contributed by atoms with van der Waals surface area (Å²) < 4.78 is 0. The van der Waals surface area contributed by atoms with Gasteiger partial charge in [0.2, 0.25) is 11.5 Å². The average Bonchev–Trinajstić information content (AvgIpc) is 2.88. The SMILES string of the molecule is Cc1cc(=O)[nH]cc1C(=O)NC1CCN(c2ccccc2Cl)C1=O. The van der Waals surface area contributed by atoms with Crippen molar-refractivity contribution in [2.24, 2.45) is 0 Å². The lowest BCUT2D eigenvalue weighted by Crippen LogP contribution is -2.42. The van der Waals surface area contributed by atoms with Crippen LogP contribution in [0.3, 0.4) is 0 Å². The van der Waals surface area contributed by atoms with Crippen LogP contribution in [-0.4, -0.2) is 29.4 Å². The molecule has 7 heteroatoms. The van der Waals surface area contributed by atoms with E-state index in [9.17, 15) is 14.4 Å². The molecule has 1 fully saturated rings. The van der Waals surface area contributed by atoms with Crippen molar-refractivity contribution in [1.29, 1.82) is 0 Å². The van der Waals surface area contributed by atoms with Crippen molar-refractivity contribution in [1.82, 2.24) is 10.3 Å². The number of anilines is 1. The van der Waals surface area contributed by atoms with Crippen LogP contribution in [0, 0.1) is 6.92 Å². The molecule has 1 atom stereocenters. The van der Waals surface area contributed by atoms with Crippen LogP contribution in [0.4, 0.5) is 5.69 Å². The highest BCUT2D eigenvalue weighted by molar-refractivity contribution is 6.34. The van der Waals surface area contributed by atoms with Gasteiger partial charge in [0, 0.05) is 18.8 Å². The standard InChI is InChI=1S/C17H16ClN3O3/c1-10-8-15(22)19-9-11(10)16(23)20-13-6-7-21(17(13)24)14-5-3-2-4-12(14)18/h2-5,8-9,13H,6-7H2,1H3,(H,19,22)(H,20,23). The van der Waals surface area contributed by atoms with Gasteiger partial charge in [-0.25, -0.2) is 0 Å². The van der Waals surface area contributed by atoms with Crippen molar-refractivity contribution in [3.05, 3.63) is 63.0 Å². The number of pyridine rings is 1. The molecule has 1 unspecified atom stereocenters. The molecule has 1 saturated heterocycles. The summed E-state index contributed by atoms with van der Waals surface area (Å²) in [5.74, 6) is -0.582. The lowest BCUT2D eigenvalue weighted by atomic mass is 10.1. The molecule has 0 radical (unpaired) electrons. The van der Waals surface area contributed by atoms with Gasteiger partial charge in [0.25, 0.3) is 5.91 Å². The second kappa shape index (κ2) is 6.49. The number of benzene rings is 1. The van der Waals surface area contributed by atoms with Crippen LogP contribution >= 0.6 is 11.6 Å². The number of hydrogen-bond acceptors (Lipinski definition) is 3. The lowest BCUT2D eigenvalue weighted by molar-refractivity contribution is -0.118. The van der Waals surface area contributed by atoms with Crippen LogP contribution < -0.4 is 15.8 Å². The summed E-state index contributed by atoms with van der Waals surface area (Å²) in [6.45, 7) is 2.16. The molecule has 0 spiro atoms. The molecule has 1 aliphatic heterocycles. The summed E-state index contributed by atoms with van der Waals surface area (Å²) in [6, 6.07) is 7.84. The Bertz CT molecular complexity index is 862. The molecule has 0 saturated carbocycles. The molecule has 1 aromatic carbocycles. The quantitative estimate of drug-likeness (QED) is 0.891.